The van der Waals surface area contributed by atoms with Gasteiger partial charge in [-0.1, -0.05) is 19.3 Å². The standard InChI is InChI=1S/C14H23N3O2S/c1-14(8-4-3-5-9-14)17-12-7-6-11(15)10-13(12)20(18,19)16-2/h6-7,10,16-17H,3-5,8-9,15H2,1-2H3. The molecule has 0 unspecified atom stereocenters. The maximum absolute atomic E-state index is 12.1. The minimum atomic E-state index is -3.52. The van der Waals surface area contributed by atoms with Crippen LogP contribution in [0.5, 0.6) is 0 Å². The van der Waals surface area contributed by atoms with Gasteiger partial charge in [0.25, 0.3) is 0 Å². The summed E-state index contributed by atoms with van der Waals surface area (Å²) in [5.74, 6) is 0. The van der Waals surface area contributed by atoms with Crippen LogP contribution in [0.1, 0.15) is 39.0 Å². The molecule has 1 aromatic rings. The van der Waals surface area contributed by atoms with E-state index in [1.807, 2.05) is 0 Å². The van der Waals surface area contributed by atoms with E-state index in [0.717, 1.165) is 12.8 Å². The molecule has 20 heavy (non-hydrogen) atoms. The molecule has 5 nitrogen and oxygen atoms in total. The molecular formula is C14H23N3O2S. The predicted molar refractivity (Wildman–Crippen MR) is 82.2 cm³/mol. The molecule has 112 valence electrons. The van der Waals surface area contributed by atoms with Crippen molar-refractivity contribution in [2.45, 2.75) is 49.5 Å². The molecule has 0 radical (unpaired) electrons. The van der Waals surface area contributed by atoms with E-state index < -0.39 is 10.0 Å². The van der Waals surface area contributed by atoms with Crippen molar-refractivity contribution < 1.29 is 8.42 Å². The van der Waals surface area contributed by atoms with Crippen molar-refractivity contribution >= 4 is 21.4 Å². The molecule has 1 aromatic carbocycles. The predicted octanol–water partition coefficient (Wildman–Crippen LogP) is 2.31. The summed E-state index contributed by atoms with van der Waals surface area (Å²) in [5.41, 5.74) is 6.74. The maximum atomic E-state index is 12.1. The van der Waals surface area contributed by atoms with Crippen molar-refractivity contribution in [3.05, 3.63) is 18.2 Å². The lowest BCUT2D eigenvalue weighted by atomic mass is 9.83. The van der Waals surface area contributed by atoms with E-state index in [-0.39, 0.29) is 10.4 Å². The minimum absolute atomic E-state index is 0.0492. The Morgan fingerprint density at radius 3 is 2.45 bits per heavy atom. The normalized spacial score (nSPS) is 18.7. The summed E-state index contributed by atoms with van der Waals surface area (Å²) in [4.78, 5) is 0.215. The summed E-state index contributed by atoms with van der Waals surface area (Å²) >= 11 is 0. The third-order valence-electron chi connectivity index (χ3n) is 3.96. The van der Waals surface area contributed by atoms with Gasteiger partial charge in [0, 0.05) is 11.2 Å². The summed E-state index contributed by atoms with van der Waals surface area (Å²) < 4.78 is 26.6. The van der Waals surface area contributed by atoms with Gasteiger partial charge in [0.05, 0.1) is 5.69 Å². The molecule has 6 heteroatoms. The fourth-order valence-electron chi connectivity index (χ4n) is 2.76. The zero-order valence-electron chi connectivity index (χ0n) is 12.1. The number of nitrogens with two attached hydrogens (primary N) is 1. The molecule has 2 rings (SSSR count). The highest BCUT2D eigenvalue weighted by molar-refractivity contribution is 7.89. The molecule has 1 saturated carbocycles. The van der Waals surface area contributed by atoms with E-state index in [1.165, 1.54) is 32.4 Å². The molecule has 0 spiro atoms. The third kappa shape index (κ3) is 3.24. The van der Waals surface area contributed by atoms with Gasteiger partial charge in [0.1, 0.15) is 4.90 Å². The Morgan fingerprint density at radius 2 is 1.85 bits per heavy atom. The van der Waals surface area contributed by atoms with Gasteiger partial charge in [0.2, 0.25) is 10.0 Å². The highest BCUT2D eigenvalue weighted by atomic mass is 32.2. The Morgan fingerprint density at radius 1 is 1.20 bits per heavy atom. The number of hydrogen-bond acceptors (Lipinski definition) is 4. The number of benzene rings is 1. The first-order chi connectivity index (χ1) is 9.36. The van der Waals surface area contributed by atoms with Crippen LogP contribution < -0.4 is 15.8 Å². The van der Waals surface area contributed by atoms with Crippen molar-refractivity contribution in [3.8, 4) is 0 Å². The fourth-order valence-corrected chi connectivity index (χ4v) is 3.68. The van der Waals surface area contributed by atoms with Gasteiger partial charge in [-0.05, 0) is 45.0 Å². The van der Waals surface area contributed by atoms with Crippen LogP contribution in [-0.4, -0.2) is 21.0 Å². The van der Waals surface area contributed by atoms with E-state index in [0.29, 0.717) is 11.4 Å². The molecule has 0 bridgehead atoms. The van der Waals surface area contributed by atoms with E-state index in [4.69, 9.17) is 5.73 Å². The smallest absolute Gasteiger partial charge is 0.242 e. The molecular weight excluding hydrogens is 274 g/mol. The Kier molecular flexibility index (Phi) is 4.25. The van der Waals surface area contributed by atoms with Gasteiger partial charge in [-0.2, -0.15) is 0 Å². The molecule has 0 heterocycles. The van der Waals surface area contributed by atoms with E-state index in [2.05, 4.69) is 17.0 Å². The summed E-state index contributed by atoms with van der Waals surface area (Å²) in [7, 11) is -2.11. The topological polar surface area (TPSA) is 84.2 Å². The van der Waals surface area contributed by atoms with Crippen molar-refractivity contribution in [1.82, 2.24) is 4.72 Å². The van der Waals surface area contributed by atoms with Crippen LogP contribution in [0.3, 0.4) is 0 Å². The Hall–Kier alpha value is -1.27. The average Bonchev–Trinajstić information content (AvgIpc) is 2.41. The highest BCUT2D eigenvalue weighted by Gasteiger charge is 2.28. The number of nitrogens with one attached hydrogen (secondary N) is 2. The fraction of sp³-hybridized carbons (Fsp3) is 0.571. The van der Waals surface area contributed by atoms with Gasteiger partial charge < -0.3 is 11.1 Å². The number of anilines is 2. The summed E-state index contributed by atoms with van der Waals surface area (Å²) in [6.07, 6.45) is 5.70. The van der Waals surface area contributed by atoms with Crippen molar-refractivity contribution in [2.24, 2.45) is 0 Å². The van der Waals surface area contributed by atoms with Crippen LogP contribution in [0, 0.1) is 0 Å². The number of nitrogen functional groups attached to an aromatic ring is 1. The third-order valence-corrected chi connectivity index (χ3v) is 5.41. The van der Waals surface area contributed by atoms with E-state index >= 15 is 0 Å². The van der Waals surface area contributed by atoms with E-state index in [9.17, 15) is 8.42 Å². The average molecular weight is 297 g/mol. The number of sulfonamides is 1. The van der Waals surface area contributed by atoms with Crippen LogP contribution >= 0.6 is 0 Å². The van der Waals surface area contributed by atoms with E-state index in [1.54, 1.807) is 12.1 Å². The molecule has 0 aliphatic heterocycles. The number of hydrogen-bond donors (Lipinski definition) is 3. The van der Waals surface area contributed by atoms with Gasteiger partial charge in [0.15, 0.2) is 0 Å². The largest absolute Gasteiger partial charge is 0.399 e. The van der Waals surface area contributed by atoms with Gasteiger partial charge in [-0.25, -0.2) is 13.1 Å². The molecule has 1 aliphatic rings. The van der Waals surface area contributed by atoms with Crippen molar-refractivity contribution in [3.63, 3.8) is 0 Å². The summed E-state index contributed by atoms with van der Waals surface area (Å²) in [6, 6.07) is 4.98. The SMILES string of the molecule is CNS(=O)(=O)c1cc(N)ccc1NC1(C)CCCCC1. The minimum Gasteiger partial charge on any atom is -0.399 e. The Labute approximate surface area is 121 Å². The van der Waals surface area contributed by atoms with Crippen LogP contribution in [0.15, 0.2) is 23.1 Å². The van der Waals surface area contributed by atoms with Gasteiger partial charge >= 0.3 is 0 Å². The lowest BCUT2D eigenvalue weighted by molar-refractivity contribution is 0.349. The highest BCUT2D eigenvalue weighted by Crippen LogP contribution is 2.34. The molecule has 0 aromatic heterocycles. The quantitative estimate of drug-likeness (QED) is 0.745. The maximum Gasteiger partial charge on any atom is 0.242 e. The first-order valence-electron chi connectivity index (χ1n) is 6.98. The monoisotopic (exact) mass is 297 g/mol. The zero-order valence-corrected chi connectivity index (χ0v) is 12.9. The first-order valence-corrected chi connectivity index (χ1v) is 8.46. The van der Waals surface area contributed by atoms with Gasteiger partial charge in [-0.15, -0.1) is 0 Å². The lowest BCUT2D eigenvalue weighted by Gasteiger charge is -2.36. The summed E-state index contributed by atoms with van der Waals surface area (Å²) in [6.45, 7) is 2.15. The van der Waals surface area contributed by atoms with Gasteiger partial charge in [-0.3, -0.25) is 0 Å². The van der Waals surface area contributed by atoms with Crippen LogP contribution in [0.4, 0.5) is 11.4 Å². The number of rotatable bonds is 4. The Balaban J connectivity index is 2.36. The van der Waals surface area contributed by atoms with Crippen molar-refractivity contribution in [2.75, 3.05) is 18.1 Å². The van der Waals surface area contributed by atoms with Crippen LogP contribution in [0.25, 0.3) is 0 Å². The molecule has 1 fully saturated rings. The molecule has 4 N–H and O–H groups in total. The second-order valence-corrected chi connectivity index (χ2v) is 7.56. The van der Waals surface area contributed by atoms with Crippen LogP contribution in [-0.2, 0) is 10.0 Å². The van der Waals surface area contributed by atoms with Crippen LogP contribution in [0.2, 0.25) is 0 Å². The zero-order chi connectivity index (χ0) is 14.8. The van der Waals surface area contributed by atoms with Crippen molar-refractivity contribution in [1.29, 1.82) is 0 Å². The molecule has 0 amide bonds. The second-order valence-electron chi connectivity index (χ2n) is 5.71. The lowest BCUT2D eigenvalue weighted by Crippen LogP contribution is -2.37. The first kappa shape index (κ1) is 15.1. The molecule has 0 atom stereocenters. The summed E-state index contributed by atoms with van der Waals surface area (Å²) in [5, 5.41) is 3.42. The second kappa shape index (κ2) is 5.61. The molecule has 1 aliphatic carbocycles. The Bertz CT molecular complexity index is 578. The molecule has 0 saturated heterocycles.